The molecule has 2 atom stereocenters. The van der Waals surface area contributed by atoms with Gasteiger partial charge in [0.2, 0.25) is 5.78 Å². The average Bonchev–Trinajstić information content (AvgIpc) is 2.93. The fraction of sp³-hybridized carbons (Fsp3) is 0.357. The second-order valence-corrected chi connectivity index (χ2v) is 4.63. The van der Waals surface area contributed by atoms with Gasteiger partial charge >= 0.3 is 0 Å². The van der Waals surface area contributed by atoms with Crippen molar-refractivity contribution in [2.45, 2.75) is 19.4 Å². The van der Waals surface area contributed by atoms with Crippen LogP contribution < -0.4 is 0 Å². The molecule has 3 rings (SSSR count). The van der Waals surface area contributed by atoms with Crippen molar-refractivity contribution in [3.05, 3.63) is 35.8 Å². The number of benzene rings is 1. The van der Waals surface area contributed by atoms with Crippen LogP contribution in [-0.4, -0.2) is 18.5 Å². The summed E-state index contributed by atoms with van der Waals surface area (Å²) in [6, 6.07) is 5.83. The van der Waals surface area contributed by atoms with Crippen LogP contribution >= 0.6 is 0 Å². The molecule has 2 heterocycles. The van der Waals surface area contributed by atoms with Crippen molar-refractivity contribution in [1.82, 2.24) is 0 Å². The second-order valence-electron chi connectivity index (χ2n) is 4.63. The Hall–Kier alpha value is -1.68. The van der Waals surface area contributed by atoms with Crippen LogP contribution in [0.3, 0.4) is 0 Å². The van der Waals surface area contributed by atoms with E-state index in [2.05, 4.69) is 0 Å². The number of hydrogen-bond donors (Lipinski definition) is 0. The van der Waals surface area contributed by atoms with E-state index >= 15 is 0 Å². The first-order valence-corrected chi connectivity index (χ1v) is 6.00. The fourth-order valence-corrected chi connectivity index (χ4v) is 2.39. The largest absolute Gasteiger partial charge is 0.453 e. The van der Waals surface area contributed by atoms with Crippen molar-refractivity contribution in [2.24, 2.45) is 5.92 Å². The Labute approximate surface area is 104 Å². The minimum Gasteiger partial charge on any atom is -0.453 e. The lowest BCUT2D eigenvalue weighted by molar-refractivity contribution is 0.0742. The van der Waals surface area contributed by atoms with Crippen molar-refractivity contribution in [3.63, 3.8) is 0 Å². The van der Waals surface area contributed by atoms with Crippen LogP contribution in [0.4, 0.5) is 4.39 Å². The molecule has 0 bridgehead atoms. The van der Waals surface area contributed by atoms with Crippen LogP contribution in [0.1, 0.15) is 23.9 Å². The summed E-state index contributed by atoms with van der Waals surface area (Å²) in [7, 11) is 0. The monoisotopic (exact) mass is 248 g/mol. The van der Waals surface area contributed by atoms with Gasteiger partial charge in [-0.1, -0.05) is 0 Å². The Morgan fingerprint density at radius 2 is 2.22 bits per heavy atom. The normalized spacial score (nSPS) is 23.7. The number of ether oxygens (including phenoxy) is 1. The first kappa shape index (κ1) is 11.4. The lowest BCUT2D eigenvalue weighted by Crippen LogP contribution is -2.21. The Morgan fingerprint density at radius 3 is 2.94 bits per heavy atom. The average molecular weight is 248 g/mol. The lowest BCUT2D eigenvalue weighted by Gasteiger charge is -2.10. The summed E-state index contributed by atoms with van der Waals surface area (Å²) in [6.07, 6.45) is 0.633. The number of Topliss-reactive ketones (excluding diaryl/α,β-unsaturated/α-hetero) is 1. The van der Waals surface area contributed by atoms with Gasteiger partial charge in [0, 0.05) is 12.0 Å². The molecule has 1 aromatic carbocycles. The van der Waals surface area contributed by atoms with Crippen molar-refractivity contribution < 1.29 is 18.3 Å². The predicted octanol–water partition coefficient (Wildman–Crippen LogP) is 3.18. The molecule has 0 N–H and O–H groups in total. The zero-order valence-corrected chi connectivity index (χ0v) is 9.98. The van der Waals surface area contributed by atoms with Crippen LogP contribution in [0.2, 0.25) is 0 Å². The van der Waals surface area contributed by atoms with Crippen LogP contribution in [0.15, 0.2) is 28.7 Å². The van der Waals surface area contributed by atoms with Crippen LogP contribution in [0.5, 0.6) is 0 Å². The maximum atomic E-state index is 13.1. The first-order valence-electron chi connectivity index (χ1n) is 6.00. The quantitative estimate of drug-likeness (QED) is 0.766. The second kappa shape index (κ2) is 4.21. The molecule has 1 aliphatic rings. The summed E-state index contributed by atoms with van der Waals surface area (Å²) < 4.78 is 23.9. The molecule has 2 unspecified atom stereocenters. The van der Waals surface area contributed by atoms with Gasteiger partial charge in [0.15, 0.2) is 5.76 Å². The van der Waals surface area contributed by atoms with Gasteiger partial charge in [0.1, 0.15) is 11.4 Å². The van der Waals surface area contributed by atoms with Gasteiger partial charge in [-0.15, -0.1) is 0 Å². The molecule has 0 aliphatic carbocycles. The van der Waals surface area contributed by atoms with E-state index in [4.69, 9.17) is 9.15 Å². The Bertz CT molecular complexity index is 602. The number of halogens is 1. The van der Waals surface area contributed by atoms with Crippen molar-refractivity contribution in [1.29, 1.82) is 0 Å². The number of carbonyl (C=O) groups is 1. The van der Waals surface area contributed by atoms with Crippen molar-refractivity contribution in [2.75, 3.05) is 6.61 Å². The van der Waals surface area contributed by atoms with Gasteiger partial charge in [0.05, 0.1) is 12.0 Å². The van der Waals surface area contributed by atoms with Crippen molar-refractivity contribution >= 4 is 16.8 Å². The van der Waals surface area contributed by atoms with Gasteiger partial charge in [-0.05, 0) is 37.6 Å². The van der Waals surface area contributed by atoms with E-state index in [1.807, 2.05) is 6.92 Å². The molecule has 18 heavy (non-hydrogen) atoms. The summed E-state index contributed by atoms with van der Waals surface area (Å²) in [5.41, 5.74) is 0.534. The number of hydrogen-bond acceptors (Lipinski definition) is 3. The highest BCUT2D eigenvalue weighted by Gasteiger charge is 2.33. The van der Waals surface area contributed by atoms with E-state index in [0.717, 1.165) is 0 Å². The maximum Gasteiger partial charge on any atom is 0.203 e. The minimum atomic E-state index is -0.333. The summed E-state index contributed by atoms with van der Waals surface area (Å²) in [6.45, 7) is 2.49. The van der Waals surface area contributed by atoms with E-state index in [9.17, 15) is 9.18 Å². The van der Waals surface area contributed by atoms with Gasteiger partial charge in [-0.3, -0.25) is 4.79 Å². The van der Waals surface area contributed by atoms with Crippen LogP contribution in [-0.2, 0) is 4.74 Å². The summed E-state index contributed by atoms with van der Waals surface area (Å²) >= 11 is 0. The van der Waals surface area contributed by atoms with Gasteiger partial charge in [0.25, 0.3) is 0 Å². The third-order valence-corrected chi connectivity index (χ3v) is 3.43. The van der Waals surface area contributed by atoms with E-state index in [1.54, 1.807) is 6.07 Å². The van der Waals surface area contributed by atoms with E-state index in [0.29, 0.717) is 24.0 Å². The molecule has 4 heteroatoms. The summed E-state index contributed by atoms with van der Waals surface area (Å²) in [4.78, 5) is 12.2. The predicted molar refractivity (Wildman–Crippen MR) is 64.0 cm³/mol. The molecule has 94 valence electrons. The zero-order valence-electron chi connectivity index (χ0n) is 9.98. The van der Waals surface area contributed by atoms with Gasteiger partial charge < -0.3 is 9.15 Å². The topological polar surface area (TPSA) is 39.4 Å². The third kappa shape index (κ3) is 1.82. The van der Waals surface area contributed by atoms with Crippen molar-refractivity contribution in [3.8, 4) is 0 Å². The number of carbonyl (C=O) groups excluding carboxylic acids is 1. The molecule has 1 fully saturated rings. The molecule has 3 nitrogen and oxygen atoms in total. The molecule has 1 aromatic heterocycles. The Kier molecular flexibility index (Phi) is 2.67. The van der Waals surface area contributed by atoms with Gasteiger partial charge in [-0.2, -0.15) is 0 Å². The Morgan fingerprint density at radius 1 is 1.39 bits per heavy atom. The molecule has 0 radical (unpaired) electrons. The van der Waals surface area contributed by atoms with Crippen LogP contribution in [0.25, 0.3) is 11.0 Å². The van der Waals surface area contributed by atoms with E-state index < -0.39 is 0 Å². The van der Waals surface area contributed by atoms with Gasteiger partial charge in [-0.25, -0.2) is 4.39 Å². The lowest BCUT2D eigenvalue weighted by atomic mass is 9.96. The summed E-state index contributed by atoms with van der Waals surface area (Å²) in [5.74, 6) is -0.259. The molecule has 1 saturated heterocycles. The molecular weight excluding hydrogens is 235 g/mol. The molecule has 0 spiro atoms. The molecule has 2 aromatic rings. The highest BCUT2D eigenvalue weighted by Crippen LogP contribution is 2.28. The smallest absolute Gasteiger partial charge is 0.203 e. The molecule has 0 amide bonds. The number of rotatable bonds is 2. The fourth-order valence-electron chi connectivity index (χ4n) is 2.39. The number of fused-ring (bicyclic) bond motifs is 1. The molecule has 1 aliphatic heterocycles. The highest BCUT2D eigenvalue weighted by atomic mass is 19.1. The standard InChI is InChI=1S/C14H13FO3/c1-8-11(4-5-17-8)14(16)13-7-9-6-10(15)2-3-12(9)18-13/h2-3,6-8,11H,4-5H2,1H3. The van der Waals surface area contributed by atoms with Crippen LogP contribution in [0, 0.1) is 11.7 Å². The minimum absolute atomic E-state index is 0.0587. The first-order chi connectivity index (χ1) is 8.65. The maximum absolute atomic E-state index is 13.1. The molecular formula is C14H13FO3. The van der Waals surface area contributed by atoms with E-state index in [-0.39, 0.29) is 29.4 Å². The SMILES string of the molecule is CC1OCCC1C(=O)c1cc2cc(F)ccc2o1. The van der Waals surface area contributed by atoms with E-state index in [1.165, 1.54) is 18.2 Å². The number of furan rings is 1. The molecule has 0 saturated carbocycles. The Balaban J connectivity index is 1.96. The third-order valence-electron chi connectivity index (χ3n) is 3.43. The highest BCUT2D eigenvalue weighted by molar-refractivity contribution is 5.99. The number of ketones is 1. The summed E-state index contributed by atoms with van der Waals surface area (Å²) in [5, 5.41) is 0.616. The zero-order chi connectivity index (χ0) is 12.7.